The SMILES string of the molecule is CC(C)c1nc2cccnc2nc1-c1ccccc1. The van der Waals surface area contributed by atoms with Gasteiger partial charge in [-0.05, 0) is 18.1 Å². The highest BCUT2D eigenvalue weighted by atomic mass is 14.9. The van der Waals surface area contributed by atoms with Gasteiger partial charge in [-0.15, -0.1) is 0 Å². The summed E-state index contributed by atoms with van der Waals surface area (Å²) in [7, 11) is 0. The summed E-state index contributed by atoms with van der Waals surface area (Å²) in [4.78, 5) is 13.7. The van der Waals surface area contributed by atoms with Gasteiger partial charge in [0.1, 0.15) is 5.52 Å². The van der Waals surface area contributed by atoms with Gasteiger partial charge < -0.3 is 0 Å². The van der Waals surface area contributed by atoms with Gasteiger partial charge in [0.15, 0.2) is 5.65 Å². The van der Waals surface area contributed by atoms with Gasteiger partial charge in [0.25, 0.3) is 0 Å². The number of pyridine rings is 1. The summed E-state index contributed by atoms with van der Waals surface area (Å²) in [6.45, 7) is 4.28. The highest BCUT2D eigenvalue weighted by Crippen LogP contribution is 2.27. The molecular formula is C16H15N3. The van der Waals surface area contributed by atoms with Gasteiger partial charge in [-0.3, -0.25) is 0 Å². The molecule has 3 rings (SSSR count). The van der Waals surface area contributed by atoms with Gasteiger partial charge in [0.05, 0.1) is 11.4 Å². The van der Waals surface area contributed by atoms with Crippen LogP contribution in [0.1, 0.15) is 25.5 Å². The van der Waals surface area contributed by atoms with Crippen molar-refractivity contribution >= 4 is 11.2 Å². The van der Waals surface area contributed by atoms with E-state index >= 15 is 0 Å². The Bertz CT molecular complexity index is 706. The van der Waals surface area contributed by atoms with Gasteiger partial charge in [-0.2, -0.15) is 0 Å². The molecule has 0 aliphatic rings. The number of hydrogen-bond donors (Lipinski definition) is 0. The molecule has 2 heterocycles. The Morgan fingerprint density at radius 3 is 2.42 bits per heavy atom. The van der Waals surface area contributed by atoms with E-state index in [9.17, 15) is 0 Å². The molecule has 0 saturated carbocycles. The van der Waals surface area contributed by atoms with Gasteiger partial charge in [0.2, 0.25) is 0 Å². The van der Waals surface area contributed by atoms with Crippen molar-refractivity contribution in [2.24, 2.45) is 0 Å². The molecule has 3 nitrogen and oxygen atoms in total. The molecule has 3 heteroatoms. The second kappa shape index (κ2) is 4.76. The number of benzene rings is 1. The number of nitrogens with zero attached hydrogens (tertiary/aromatic N) is 3. The van der Waals surface area contributed by atoms with Crippen molar-refractivity contribution in [3.05, 3.63) is 54.4 Å². The Hall–Kier alpha value is -2.29. The van der Waals surface area contributed by atoms with Crippen molar-refractivity contribution < 1.29 is 0 Å². The lowest BCUT2D eigenvalue weighted by Crippen LogP contribution is -2.01. The predicted octanol–water partition coefficient (Wildman–Crippen LogP) is 3.82. The summed E-state index contributed by atoms with van der Waals surface area (Å²) in [5.74, 6) is 0.326. The molecule has 0 aliphatic heterocycles. The monoisotopic (exact) mass is 249 g/mol. The van der Waals surface area contributed by atoms with Gasteiger partial charge in [0, 0.05) is 11.8 Å². The second-order valence-corrected chi connectivity index (χ2v) is 4.82. The molecule has 19 heavy (non-hydrogen) atoms. The Labute approximate surface area is 112 Å². The molecule has 0 N–H and O–H groups in total. The fourth-order valence-electron chi connectivity index (χ4n) is 2.12. The van der Waals surface area contributed by atoms with E-state index < -0.39 is 0 Å². The first-order valence-electron chi connectivity index (χ1n) is 6.44. The highest BCUT2D eigenvalue weighted by Gasteiger charge is 2.13. The fourth-order valence-corrected chi connectivity index (χ4v) is 2.12. The minimum atomic E-state index is 0.326. The summed E-state index contributed by atoms with van der Waals surface area (Å²) in [6.07, 6.45) is 1.75. The van der Waals surface area contributed by atoms with Crippen LogP contribution < -0.4 is 0 Å². The Morgan fingerprint density at radius 1 is 0.895 bits per heavy atom. The van der Waals surface area contributed by atoms with Crippen LogP contribution in [0.4, 0.5) is 0 Å². The van der Waals surface area contributed by atoms with Crippen molar-refractivity contribution in [1.29, 1.82) is 0 Å². The zero-order chi connectivity index (χ0) is 13.2. The summed E-state index contributed by atoms with van der Waals surface area (Å²) < 4.78 is 0. The molecular weight excluding hydrogens is 234 g/mol. The summed E-state index contributed by atoms with van der Waals surface area (Å²) in [5, 5.41) is 0. The molecule has 0 bridgehead atoms. The maximum absolute atomic E-state index is 4.73. The third kappa shape index (κ3) is 2.19. The van der Waals surface area contributed by atoms with Crippen molar-refractivity contribution in [3.8, 4) is 11.3 Å². The molecule has 0 atom stereocenters. The lowest BCUT2D eigenvalue weighted by atomic mass is 10.0. The number of aromatic nitrogens is 3. The van der Waals surface area contributed by atoms with Crippen LogP contribution in [0.2, 0.25) is 0 Å². The standard InChI is InChI=1S/C16H15N3/c1-11(2)14-15(12-7-4-3-5-8-12)19-16-13(18-14)9-6-10-17-16/h3-11H,1-2H3. The maximum Gasteiger partial charge on any atom is 0.178 e. The van der Waals surface area contributed by atoms with Crippen molar-refractivity contribution in [2.45, 2.75) is 19.8 Å². The average molecular weight is 249 g/mol. The van der Waals surface area contributed by atoms with Crippen LogP contribution in [-0.4, -0.2) is 15.0 Å². The van der Waals surface area contributed by atoms with Crippen LogP contribution in [0, 0.1) is 0 Å². The van der Waals surface area contributed by atoms with E-state index in [1.807, 2.05) is 30.3 Å². The maximum atomic E-state index is 4.73. The van der Waals surface area contributed by atoms with Crippen LogP contribution in [0.3, 0.4) is 0 Å². The Morgan fingerprint density at radius 2 is 1.68 bits per heavy atom. The van der Waals surface area contributed by atoms with Crippen LogP contribution in [-0.2, 0) is 0 Å². The van der Waals surface area contributed by atoms with E-state index in [2.05, 4.69) is 31.0 Å². The minimum absolute atomic E-state index is 0.326. The first kappa shape index (κ1) is 11.8. The largest absolute Gasteiger partial charge is 0.247 e. The van der Waals surface area contributed by atoms with E-state index in [1.54, 1.807) is 6.20 Å². The van der Waals surface area contributed by atoms with Gasteiger partial charge >= 0.3 is 0 Å². The van der Waals surface area contributed by atoms with Gasteiger partial charge in [-0.25, -0.2) is 15.0 Å². The third-order valence-corrected chi connectivity index (χ3v) is 3.06. The Kier molecular flexibility index (Phi) is 2.95. The summed E-state index contributed by atoms with van der Waals surface area (Å²) in [5.41, 5.74) is 4.59. The molecule has 0 radical (unpaired) electrons. The molecule has 0 unspecified atom stereocenters. The molecule has 1 aromatic carbocycles. The highest BCUT2D eigenvalue weighted by molar-refractivity contribution is 5.75. The fraction of sp³-hybridized carbons (Fsp3) is 0.188. The topological polar surface area (TPSA) is 38.7 Å². The van der Waals surface area contributed by atoms with Crippen LogP contribution in [0.5, 0.6) is 0 Å². The Balaban J connectivity index is 2.30. The summed E-state index contributed by atoms with van der Waals surface area (Å²) in [6, 6.07) is 14.0. The normalized spacial score (nSPS) is 11.1. The molecule has 2 aromatic heterocycles. The molecule has 0 aliphatic carbocycles. The zero-order valence-electron chi connectivity index (χ0n) is 11.0. The number of rotatable bonds is 2. The van der Waals surface area contributed by atoms with E-state index in [0.717, 1.165) is 22.5 Å². The molecule has 3 aromatic rings. The van der Waals surface area contributed by atoms with Crippen molar-refractivity contribution in [3.63, 3.8) is 0 Å². The second-order valence-electron chi connectivity index (χ2n) is 4.82. The lowest BCUT2D eigenvalue weighted by molar-refractivity contribution is 0.824. The van der Waals surface area contributed by atoms with E-state index in [0.29, 0.717) is 11.6 Å². The van der Waals surface area contributed by atoms with E-state index in [-0.39, 0.29) is 0 Å². The third-order valence-electron chi connectivity index (χ3n) is 3.06. The first-order valence-corrected chi connectivity index (χ1v) is 6.44. The molecule has 94 valence electrons. The lowest BCUT2D eigenvalue weighted by Gasteiger charge is -2.12. The zero-order valence-corrected chi connectivity index (χ0v) is 11.0. The van der Waals surface area contributed by atoms with Crippen molar-refractivity contribution in [2.75, 3.05) is 0 Å². The van der Waals surface area contributed by atoms with Crippen LogP contribution in [0.25, 0.3) is 22.4 Å². The number of hydrogen-bond acceptors (Lipinski definition) is 3. The van der Waals surface area contributed by atoms with Crippen LogP contribution in [0.15, 0.2) is 48.7 Å². The van der Waals surface area contributed by atoms with Gasteiger partial charge in [-0.1, -0.05) is 44.2 Å². The van der Waals surface area contributed by atoms with E-state index in [4.69, 9.17) is 9.97 Å². The quantitative estimate of drug-likeness (QED) is 0.693. The number of fused-ring (bicyclic) bond motifs is 1. The minimum Gasteiger partial charge on any atom is -0.247 e. The molecule has 0 saturated heterocycles. The molecule has 0 spiro atoms. The molecule has 0 fully saturated rings. The van der Waals surface area contributed by atoms with E-state index in [1.165, 1.54) is 0 Å². The predicted molar refractivity (Wildman–Crippen MR) is 76.9 cm³/mol. The first-order chi connectivity index (χ1) is 9.25. The summed E-state index contributed by atoms with van der Waals surface area (Å²) >= 11 is 0. The molecule has 0 amide bonds. The van der Waals surface area contributed by atoms with Crippen LogP contribution >= 0.6 is 0 Å². The average Bonchev–Trinajstić information content (AvgIpc) is 2.46. The van der Waals surface area contributed by atoms with Crippen molar-refractivity contribution in [1.82, 2.24) is 15.0 Å². The smallest absolute Gasteiger partial charge is 0.178 e.